The number of carbonyl (C=O) groups is 4. The van der Waals surface area contributed by atoms with E-state index in [9.17, 15) is 24.3 Å². The maximum absolute atomic E-state index is 12.2. The summed E-state index contributed by atoms with van der Waals surface area (Å²) >= 11 is 0. The minimum absolute atomic E-state index is 0.0120. The van der Waals surface area contributed by atoms with Crippen LogP contribution in [0.1, 0.15) is 243 Å². The summed E-state index contributed by atoms with van der Waals surface area (Å²) in [6.45, 7) is 28.9. The van der Waals surface area contributed by atoms with Crippen molar-refractivity contribution in [1.29, 1.82) is 0 Å². The van der Waals surface area contributed by atoms with Crippen molar-refractivity contribution in [1.82, 2.24) is 0 Å². The average Bonchev–Trinajstić information content (AvgIpc) is 1.67. The summed E-state index contributed by atoms with van der Waals surface area (Å²) in [7, 11) is 0. The standard InChI is InChI=1S/C22H34O5.C20H32O4.C17H26O3.C16H24O2.2CO2/c1-19(7-3-11-23)17-5-8-20(2)18(6-10-22(20)26-14-15-27-22)16(17)4-9-21(19)24-12-13-25-21;1-17(2)15-5-7-18(3)16(6-9-20(18)23-12-13-24-20)14(15)4-8-19(17)21-10-11-22-19;1-16-8-7-12-10(11(16)4-5-13(16)18)3-6-14-17(12,2)9-15(19)20-14;1-15(2)11-8-9-16(3)12(5-7-14(16)18)10(11)4-6-13(15)17;2*2-1-3/h11,16-18H,3-10,12-15H2,1-2H3;14-16H,4-13H2,1-3H3;10-14,18H,3-9H2,1-2H3;10-12H,4-9H2,1-3H3;;/t16-,17+,18+,19-,20+;14-,15+,16+,18+;10-,11-,12-,13?,14?,16-,17+;10-,11+,12+,16+;;/m1101../s1. The van der Waals surface area contributed by atoms with Crippen LogP contribution in [0.2, 0.25) is 0 Å². The molecule has 17 aliphatic rings. The molecule has 5 saturated heterocycles. The van der Waals surface area contributed by atoms with Crippen molar-refractivity contribution in [2.45, 2.75) is 278 Å². The maximum Gasteiger partial charge on any atom is 0.373 e. The van der Waals surface area contributed by atoms with E-state index in [1.807, 2.05) is 0 Å². The molecule has 2 unspecified atom stereocenters. The number of fused-ring (bicyclic) bond motifs is 16. The Kier molecular flexibility index (Phi) is 19.9. The predicted octanol–water partition coefficient (Wildman–Crippen LogP) is 12.6. The molecule has 0 aromatic carbocycles. The summed E-state index contributed by atoms with van der Waals surface area (Å²) < 4.78 is 55.5. The first-order valence-electron chi connectivity index (χ1n) is 37.6. The summed E-state index contributed by atoms with van der Waals surface area (Å²) in [4.78, 5) is 79.8. The number of ether oxygens (including phenoxy) is 9. The monoisotopic (exact) mass is 1330 g/mol. The van der Waals surface area contributed by atoms with Crippen LogP contribution in [-0.4, -0.2) is 129 Å². The molecule has 0 amide bonds. The average molecular weight is 1330 g/mol. The van der Waals surface area contributed by atoms with Gasteiger partial charge >= 0.3 is 18.3 Å². The Balaban J connectivity index is 0.000000119. The van der Waals surface area contributed by atoms with Crippen molar-refractivity contribution in [3.05, 3.63) is 0 Å². The molecule has 0 aromatic heterocycles. The largest absolute Gasteiger partial charge is 0.462 e. The van der Waals surface area contributed by atoms with Crippen molar-refractivity contribution in [3.63, 3.8) is 0 Å². The molecule has 18 heteroatoms. The van der Waals surface area contributed by atoms with E-state index in [0.29, 0.717) is 103 Å². The molecule has 4 spiro atoms. The number of ketones is 2. The second-order valence-corrected chi connectivity index (χ2v) is 35.4. The van der Waals surface area contributed by atoms with Gasteiger partial charge in [-0.2, -0.15) is 19.2 Å². The quantitative estimate of drug-likeness (QED) is 0.204. The van der Waals surface area contributed by atoms with Crippen LogP contribution in [-0.2, 0) is 81.0 Å². The van der Waals surface area contributed by atoms with E-state index in [4.69, 9.17) is 61.8 Å². The summed E-state index contributed by atoms with van der Waals surface area (Å²) in [6, 6.07) is 0. The molecule has 17 fully saturated rings. The van der Waals surface area contributed by atoms with Crippen LogP contribution < -0.4 is 0 Å². The first kappa shape index (κ1) is 71.7. The Morgan fingerprint density at radius 2 is 0.863 bits per heavy atom. The van der Waals surface area contributed by atoms with Gasteiger partial charge in [-0.25, -0.2) is 0 Å². The Morgan fingerprint density at radius 1 is 0.421 bits per heavy atom. The number of Topliss-reactive ketones (excluding diaryl/α,β-unsaturated/α-hetero) is 2. The Bertz CT molecular complexity index is 2860. The highest BCUT2D eigenvalue weighted by atomic mass is 16.8. The van der Waals surface area contributed by atoms with Gasteiger partial charge in [-0.3, -0.25) is 14.4 Å². The van der Waals surface area contributed by atoms with Crippen LogP contribution >= 0.6 is 0 Å². The van der Waals surface area contributed by atoms with Crippen LogP contribution in [0.15, 0.2) is 0 Å². The van der Waals surface area contributed by atoms with Crippen molar-refractivity contribution < 1.29 is 86.1 Å². The summed E-state index contributed by atoms with van der Waals surface area (Å²) in [5.41, 5.74) is 0.264. The fraction of sp³-hybridized carbons (Fsp3) is 0.922. The third-order valence-corrected chi connectivity index (χ3v) is 32.0. The van der Waals surface area contributed by atoms with Gasteiger partial charge in [0.2, 0.25) is 0 Å². The Hall–Kier alpha value is -3.12. The molecule has 18 nitrogen and oxygen atoms in total. The van der Waals surface area contributed by atoms with Gasteiger partial charge in [-0.05, 0) is 198 Å². The number of carbonyl (C=O) groups excluding carboxylic acids is 8. The van der Waals surface area contributed by atoms with E-state index in [1.54, 1.807) is 0 Å². The summed E-state index contributed by atoms with van der Waals surface area (Å²) in [6.07, 6.45) is 29.7. The molecule has 20 atom stereocenters. The van der Waals surface area contributed by atoms with E-state index in [1.165, 1.54) is 51.4 Å². The molecule has 0 radical (unpaired) electrons. The predicted molar refractivity (Wildman–Crippen MR) is 343 cm³/mol. The van der Waals surface area contributed by atoms with Crippen LogP contribution in [0.5, 0.6) is 0 Å². The normalized spacial score (nSPS) is 46.7. The molecule has 95 heavy (non-hydrogen) atoms. The zero-order chi connectivity index (χ0) is 68.0. The topological polar surface area (TPSA) is 240 Å². The van der Waals surface area contributed by atoms with Gasteiger partial charge in [0.1, 0.15) is 24.0 Å². The van der Waals surface area contributed by atoms with Crippen molar-refractivity contribution >= 4 is 36.1 Å². The lowest BCUT2D eigenvalue weighted by Gasteiger charge is -2.61. The highest BCUT2D eigenvalue weighted by Crippen LogP contribution is 2.73. The lowest BCUT2D eigenvalue weighted by Crippen LogP contribution is -2.62. The van der Waals surface area contributed by atoms with E-state index < -0.39 is 5.79 Å². The van der Waals surface area contributed by atoms with Gasteiger partial charge in [-0.1, -0.05) is 69.2 Å². The number of esters is 1. The highest BCUT2D eigenvalue weighted by molar-refractivity contribution is 5.88. The molecule has 1 N–H and O–H groups in total. The molecule has 5 heterocycles. The number of hydrogen-bond acceptors (Lipinski definition) is 18. The zero-order valence-electron chi connectivity index (χ0n) is 59.3. The van der Waals surface area contributed by atoms with Crippen LogP contribution in [0.4, 0.5) is 0 Å². The van der Waals surface area contributed by atoms with E-state index in [0.717, 1.165) is 161 Å². The molecule has 5 aliphatic heterocycles. The van der Waals surface area contributed by atoms with Gasteiger partial charge in [0.25, 0.3) is 0 Å². The molecule has 12 saturated carbocycles. The van der Waals surface area contributed by atoms with E-state index in [-0.39, 0.29) is 91.2 Å². The summed E-state index contributed by atoms with van der Waals surface area (Å²) in [5.74, 6) is 7.10. The van der Waals surface area contributed by atoms with Crippen molar-refractivity contribution in [2.24, 2.45) is 114 Å². The first-order chi connectivity index (χ1) is 45.1. The fourth-order valence-electron chi connectivity index (χ4n) is 26.9. The van der Waals surface area contributed by atoms with Gasteiger partial charge in [0.05, 0.1) is 65.4 Å². The number of hydrogen-bond donors (Lipinski definition) is 1. The number of aldehydes is 1. The first-order valence-corrected chi connectivity index (χ1v) is 37.6. The lowest BCUT2D eigenvalue weighted by atomic mass is 9.47. The SMILES string of the molecule is CC1(C)C(=O)CC[C@@H]2[C@@H]1CC[C@]1(C)C(=O)CC[C@@H]21.CC1(C)[C@H]2CC[C@@]3(C)[C@@H](CCC34OCCO4)[C@@H]2CCC12OCCO2.C[C@]12CC(=O)OC1CC[C@@H]1[C@@H]2CC[C@]2(C)C(O)CC[C@@H]12.C[C@]12CC[C@H]3[C@@H](CCC4(OCCO4)[C@]3(C)CCC=O)[C@@H]1CCC21OCCO1.O=C=O.O=C=O. The number of aliphatic hydroxyl groups excluding tert-OH is 1. The van der Waals surface area contributed by atoms with Crippen LogP contribution in [0, 0.1) is 114 Å². The molecule has 12 aliphatic carbocycles. The molecular formula is C77H116O18. The van der Waals surface area contributed by atoms with Crippen LogP contribution in [0.3, 0.4) is 0 Å². The minimum atomic E-state index is -0.485. The van der Waals surface area contributed by atoms with Gasteiger partial charge in [0, 0.05) is 82.9 Å². The Labute approximate surface area is 565 Å². The number of rotatable bonds is 3. The lowest BCUT2D eigenvalue weighted by molar-refractivity contribution is -0.302. The highest BCUT2D eigenvalue weighted by Gasteiger charge is 2.72. The van der Waals surface area contributed by atoms with Crippen molar-refractivity contribution in [2.75, 3.05) is 52.9 Å². The molecule has 0 aromatic rings. The third-order valence-electron chi connectivity index (χ3n) is 32.0. The fourth-order valence-corrected chi connectivity index (χ4v) is 26.9. The molecular weight excluding hydrogens is 1210 g/mol. The summed E-state index contributed by atoms with van der Waals surface area (Å²) in [5, 5.41) is 10.4. The van der Waals surface area contributed by atoms with E-state index >= 15 is 0 Å². The molecule has 17 rings (SSSR count). The smallest absolute Gasteiger partial charge is 0.373 e. The van der Waals surface area contributed by atoms with Crippen molar-refractivity contribution in [3.8, 4) is 0 Å². The maximum atomic E-state index is 12.2. The number of aliphatic hydroxyl groups is 1. The Morgan fingerprint density at radius 3 is 1.43 bits per heavy atom. The second-order valence-electron chi connectivity index (χ2n) is 35.4. The molecule has 0 bridgehead atoms. The zero-order valence-corrected chi connectivity index (χ0v) is 59.3. The van der Waals surface area contributed by atoms with Gasteiger partial charge in [-0.15, -0.1) is 0 Å². The second kappa shape index (κ2) is 26.4. The molecule has 532 valence electrons. The van der Waals surface area contributed by atoms with Crippen LogP contribution in [0.25, 0.3) is 0 Å². The van der Waals surface area contributed by atoms with E-state index in [2.05, 4.69) is 69.2 Å². The third kappa shape index (κ3) is 11.1. The minimum Gasteiger partial charge on any atom is -0.462 e. The van der Waals surface area contributed by atoms with Gasteiger partial charge in [0.15, 0.2) is 23.1 Å². The van der Waals surface area contributed by atoms with Gasteiger partial charge < -0.3 is 52.5 Å².